The second kappa shape index (κ2) is 5.73. The van der Waals surface area contributed by atoms with E-state index >= 15 is 0 Å². The van der Waals surface area contributed by atoms with E-state index in [1.807, 2.05) is 6.92 Å². The summed E-state index contributed by atoms with van der Waals surface area (Å²) in [5, 5.41) is 2.91. The van der Waals surface area contributed by atoms with Crippen LogP contribution in [0, 0.1) is 18.6 Å². The molecule has 0 saturated carbocycles. The first-order chi connectivity index (χ1) is 9.11. The van der Waals surface area contributed by atoms with Gasteiger partial charge in [0.25, 0.3) is 0 Å². The van der Waals surface area contributed by atoms with Gasteiger partial charge in [0.1, 0.15) is 5.82 Å². The highest BCUT2D eigenvalue weighted by molar-refractivity contribution is 5.57. The fourth-order valence-corrected chi connectivity index (χ4v) is 1.68. The van der Waals surface area contributed by atoms with Crippen molar-refractivity contribution in [2.75, 3.05) is 11.9 Å². The molecule has 5 heteroatoms. The molecule has 0 fully saturated rings. The van der Waals surface area contributed by atoms with Gasteiger partial charge in [-0.2, -0.15) is 0 Å². The molecule has 1 aromatic carbocycles. The van der Waals surface area contributed by atoms with Crippen LogP contribution in [-0.2, 0) is 0 Å². The van der Waals surface area contributed by atoms with Gasteiger partial charge in [0.2, 0.25) is 0 Å². The summed E-state index contributed by atoms with van der Waals surface area (Å²) in [4.78, 5) is 8.18. The maximum Gasteiger partial charge on any atom is 0.186 e. The number of aromatic nitrogens is 2. The highest BCUT2D eigenvalue weighted by atomic mass is 19.1. The quantitative estimate of drug-likeness (QED) is 0.916. The second-order valence-electron chi connectivity index (χ2n) is 4.23. The third-order valence-corrected chi connectivity index (χ3v) is 2.64. The lowest BCUT2D eigenvalue weighted by atomic mass is 10.2. The van der Waals surface area contributed by atoms with E-state index in [9.17, 15) is 8.78 Å². The summed E-state index contributed by atoms with van der Waals surface area (Å²) in [7, 11) is 0. The molecule has 0 spiro atoms. The Hall–Kier alpha value is -2.04. The minimum atomic E-state index is -0.464. The topological polar surface area (TPSA) is 37.8 Å². The Morgan fingerprint density at radius 1 is 1.21 bits per heavy atom. The molecule has 0 atom stereocenters. The molecule has 0 amide bonds. The molecule has 2 aromatic rings. The molecular formula is C14H15F2N3. The van der Waals surface area contributed by atoms with Crippen molar-refractivity contribution in [2.24, 2.45) is 0 Å². The summed E-state index contributed by atoms with van der Waals surface area (Å²) in [5.74, 6) is -0.356. The van der Waals surface area contributed by atoms with Gasteiger partial charge < -0.3 is 5.32 Å². The molecule has 1 N–H and O–H groups in total. The van der Waals surface area contributed by atoms with Gasteiger partial charge in [-0.25, -0.2) is 18.7 Å². The van der Waals surface area contributed by atoms with E-state index in [1.54, 1.807) is 19.1 Å². The third kappa shape index (κ3) is 3.05. The maximum absolute atomic E-state index is 13.8. The number of hydrogen-bond donors (Lipinski definition) is 1. The Bertz CT molecular complexity index is 585. The average Bonchev–Trinajstić information content (AvgIpc) is 2.40. The van der Waals surface area contributed by atoms with Crippen molar-refractivity contribution in [3.8, 4) is 11.4 Å². The second-order valence-corrected chi connectivity index (χ2v) is 4.23. The standard InChI is InChI=1S/C14H15F2N3/c1-3-7-17-14-12(16)9(2)18-13(19-14)10-5-4-6-11(15)8-10/h4-6,8H,3,7H2,1-2H3,(H,17,18,19). The summed E-state index contributed by atoms with van der Waals surface area (Å²) in [5.41, 5.74) is 0.774. The summed E-state index contributed by atoms with van der Waals surface area (Å²) in [6.07, 6.45) is 0.859. The van der Waals surface area contributed by atoms with Crippen LogP contribution in [0.25, 0.3) is 11.4 Å². The van der Waals surface area contributed by atoms with Gasteiger partial charge >= 0.3 is 0 Å². The van der Waals surface area contributed by atoms with Crippen molar-refractivity contribution < 1.29 is 8.78 Å². The fourth-order valence-electron chi connectivity index (χ4n) is 1.68. The number of rotatable bonds is 4. The molecule has 1 heterocycles. The minimum absolute atomic E-state index is 0.161. The molecule has 0 bridgehead atoms. The first kappa shape index (κ1) is 13.4. The molecule has 0 radical (unpaired) electrons. The van der Waals surface area contributed by atoms with Crippen molar-refractivity contribution in [3.05, 3.63) is 41.6 Å². The Morgan fingerprint density at radius 3 is 2.68 bits per heavy atom. The third-order valence-electron chi connectivity index (χ3n) is 2.64. The fraction of sp³-hybridized carbons (Fsp3) is 0.286. The van der Waals surface area contributed by atoms with E-state index in [-0.39, 0.29) is 17.3 Å². The molecule has 3 nitrogen and oxygen atoms in total. The minimum Gasteiger partial charge on any atom is -0.368 e. The van der Waals surface area contributed by atoms with Gasteiger partial charge in [-0.1, -0.05) is 19.1 Å². The van der Waals surface area contributed by atoms with Crippen molar-refractivity contribution in [2.45, 2.75) is 20.3 Å². The van der Waals surface area contributed by atoms with Crippen molar-refractivity contribution in [3.63, 3.8) is 0 Å². The normalized spacial score (nSPS) is 10.5. The zero-order chi connectivity index (χ0) is 13.8. The van der Waals surface area contributed by atoms with Crippen molar-refractivity contribution in [1.29, 1.82) is 0 Å². The largest absolute Gasteiger partial charge is 0.368 e. The van der Waals surface area contributed by atoms with Gasteiger partial charge in [-0.3, -0.25) is 0 Å². The number of halogens is 2. The highest BCUT2D eigenvalue weighted by Gasteiger charge is 2.12. The molecule has 100 valence electrons. The van der Waals surface area contributed by atoms with Crippen LogP contribution < -0.4 is 5.32 Å². The highest BCUT2D eigenvalue weighted by Crippen LogP contribution is 2.21. The predicted octanol–water partition coefficient (Wildman–Crippen LogP) is 3.55. The monoisotopic (exact) mass is 263 g/mol. The summed E-state index contributed by atoms with van der Waals surface area (Å²) < 4.78 is 27.0. The molecule has 0 unspecified atom stereocenters. The first-order valence-electron chi connectivity index (χ1n) is 6.15. The van der Waals surface area contributed by atoms with Gasteiger partial charge in [0.15, 0.2) is 17.5 Å². The summed E-state index contributed by atoms with van der Waals surface area (Å²) in [6.45, 7) is 4.17. The van der Waals surface area contributed by atoms with Crippen LogP contribution in [-0.4, -0.2) is 16.5 Å². The molecular weight excluding hydrogens is 248 g/mol. The summed E-state index contributed by atoms with van der Waals surface area (Å²) in [6, 6.07) is 5.94. The number of benzene rings is 1. The van der Waals surface area contributed by atoms with Crippen LogP contribution in [0.3, 0.4) is 0 Å². The van der Waals surface area contributed by atoms with Gasteiger partial charge in [-0.15, -0.1) is 0 Å². The lowest BCUT2D eigenvalue weighted by Crippen LogP contribution is -2.08. The van der Waals surface area contributed by atoms with Gasteiger partial charge in [0, 0.05) is 12.1 Å². The van der Waals surface area contributed by atoms with E-state index in [4.69, 9.17) is 0 Å². The van der Waals surface area contributed by atoms with E-state index in [0.29, 0.717) is 17.9 Å². The predicted molar refractivity (Wildman–Crippen MR) is 70.9 cm³/mol. The van der Waals surface area contributed by atoms with E-state index < -0.39 is 5.82 Å². The van der Waals surface area contributed by atoms with E-state index in [0.717, 1.165) is 6.42 Å². The number of nitrogens with zero attached hydrogens (tertiary/aromatic N) is 2. The molecule has 1 aromatic heterocycles. The van der Waals surface area contributed by atoms with Crippen LogP contribution >= 0.6 is 0 Å². The SMILES string of the molecule is CCCNc1nc(-c2cccc(F)c2)nc(C)c1F. The van der Waals surface area contributed by atoms with Crippen LogP contribution in [0.15, 0.2) is 24.3 Å². The Balaban J connectivity index is 2.44. The number of hydrogen-bond acceptors (Lipinski definition) is 3. The molecule has 0 aliphatic heterocycles. The smallest absolute Gasteiger partial charge is 0.186 e. The number of aryl methyl sites for hydroxylation is 1. The molecule has 2 rings (SSSR count). The van der Waals surface area contributed by atoms with Crippen molar-refractivity contribution in [1.82, 2.24) is 9.97 Å². The van der Waals surface area contributed by atoms with Crippen LogP contribution in [0.2, 0.25) is 0 Å². The van der Waals surface area contributed by atoms with Crippen LogP contribution in [0.5, 0.6) is 0 Å². The lowest BCUT2D eigenvalue weighted by Gasteiger charge is -2.09. The zero-order valence-corrected chi connectivity index (χ0v) is 10.9. The Labute approximate surface area is 110 Å². The number of nitrogens with one attached hydrogen (secondary N) is 1. The first-order valence-corrected chi connectivity index (χ1v) is 6.15. The van der Waals surface area contributed by atoms with Gasteiger partial charge in [-0.05, 0) is 25.5 Å². The molecule has 19 heavy (non-hydrogen) atoms. The lowest BCUT2D eigenvalue weighted by molar-refractivity contribution is 0.605. The van der Waals surface area contributed by atoms with E-state index in [2.05, 4.69) is 15.3 Å². The van der Waals surface area contributed by atoms with Crippen LogP contribution in [0.4, 0.5) is 14.6 Å². The Morgan fingerprint density at radius 2 is 2.00 bits per heavy atom. The molecule has 0 aliphatic carbocycles. The summed E-state index contributed by atoms with van der Waals surface area (Å²) >= 11 is 0. The van der Waals surface area contributed by atoms with E-state index in [1.165, 1.54) is 12.1 Å². The van der Waals surface area contributed by atoms with Crippen molar-refractivity contribution >= 4 is 5.82 Å². The molecule has 0 saturated heterocycles. The number of anilines is 1. The van der Waals surface area contributed by atoms with Gasteiger partial charge in [0.05, 0.1) is 5.69 Å². The maximum atomic E-state index is 13.8. The van der Waals surface area contributed by atoms with Crippen LogP contribution in [0.1, 0.15) is 19.0 Å². The average molecular weight is 263 g/mol. The zero-order valence-electron chi connectivity index (χ0n) is 10.9. The molecule has 0 aliphatic rings. The Kier molecular flexibility index (Phi) is 4.04.